The van der Waals surface area contributed by atoms with Crippen molar-refractivity contribution in [1.82, 2.24) is 5.32 Å². The predicted molar refractivity (Wildman–Crippen MR) is 67.1 cm³/mol. The molecule has 1 amide bonds. The van der Waals surface area contributed by atoms with Gasteiger partial charge in [-0.1, -0.05) is 13.0 Å². The number of nitro benzene ring substituents is 1. The Morgan fingerprint density at radius 2 is 2.11 bits per heavy atom. The molecule has 1 rings (SSSR count). The Kier molecular flexibility index (Phi) is 4.99. The molecule has 0 unspecified atom stereocenters. The van der Waals surface area contributed by atoms with E-state index in [2.05, 4.69) is 5.32 Å². The van der Waals surface area contributed by atoms with Gasteiger partial charge in [-0.2, -0.15) is 0 Å². The van der Waals surface area contributed by atoms with Crippen molar-refractivity contribution < 1.29 is 19.6 Å². The van der Waals surface area contributed by atoms with Crippen molar-refractivity contribution in [2.45, 2.75) is 19.8 Å². The van der Waals surface area contributed by atoms with E-state index in [1.807, 2.05) is 0 Å². The smallest absolute Gasteiger partial charge is 0.305 e. The van der Waals surface area contributed by atoms with Gasteiger partial charge in [0.2, 0.25) is 0 Å². The Bertz CT molecular complexity index is 513. The van der Waals surface area contributed by atoms with Crippen molar-refractivity contribution in [2.75, 3.05) is 6.54 Å². The number of carbonyl (C=O) groups excluding carboxylic acids is 1. The molecule has 0 atom stereocenters. The highest BCUT2D eigenvalue weighted by atomic mass is 16.6. The maximum atomic E-state index is 11.7. The van der Waals surface area contributed by atoms with E-state index in [4.69, 9.17) is 5.11 Å². The van der Waals surface area contributed by atoms with E-state index in [0.717, 1.165) is 0 Å². The van der Waals surface area contributed by atoms with Gasteiger partial charge in [-0.25, -0.2) is 0 Å². The summed E-state index contributed by atoms with van der Waals surface area (Å²) in [5.74, 6) is -1.54. The fraction of sp³-hybridized carbons (Fsp3) is 0.333. The number of carbonyl (C=O) groups is 2. The van der Waals surface area contributed by atoms with Gasteiger partial charge in [-0.05, 0) is 12.5 Å². The fourth-order valence-corrected chi connectivity index (χ4v) is 1.56. The fourth-order valence-electron chi connectivity index (χ4n) is 1.56. The van der Waals surface area contributed by atoms with Crippen LogP contribution >= 0.6 is 0 Å². The molecule has 0 fully saturated rings. The van der Waals surface area contributed by atoms with Crippen LogP contribution in [0, 0.1) is 10.1 Å². The zero-order valence-corrected chi connectivity index (χ0v) is 10.4. The molecule has 102 valence electrons. The van der Waals surface area contributed by atoms with Gasteiger partial charge in [0.25, 0.3) is 11.6 Å². The van der Waals surface area contributed by atoms with Crippen LogP contribution in [0.1, 0.15) is 29.3 Å². The highest BCUT2D eigenvalue weighted by Crippen LogP contribution is 2.20. The highest BCUT2D eigenvalue weighted by molar-refractivity contribution is 5.95. The van der Waals surface area contributed by atoms with Crippen LogP contribution in [0.3, 0.4) is 0 Å². The number of aliphatic carboxylic acids is 1. The second kappa shape index (κ2) is 6.48. The largest absolute Gasteiger partial charge is 0.481 e. The van der Waals surface area contributed by atoms with Crippen molar-refractivity contribution in [3.8, 4) is 0 Å². The van der Waals surface area contributed by atoms with E-state index >= 15 is 0 Å². The van der Waals surface area contributed by atoms with Gasteiger partial charge in [0.15, 0.2) is 0 Å². The topological polar surface area (TPSA) is 110 Å². The summed E-state index contributed by atoms with van der Waals surface area (Å²) in [6, 6.07) is 4.22. The molecule has 19 heavy (non-hydrogen) atoms. The summed E-state index contributed by atoms with van der Waals surface area (Å²) in [5.41, 5.74) is 0.592. The van der Waals surface area contributed by atoms with E-state index in [1.54, 1.807) is 6.92 Å². The molecule has 0 saturated heterocycles. The highest BCUT2D eigenvalue weighted by Gasteiger charge is 2.16. The molecule has 0 aromatic heterocycles. The molecule has 0 heterocycles. The first kappa shape index (κ1) is 14.6. The Labute approximate surface area is 109 Å². The van der Waals surface area contributed by atoms with Gasteiger partial charge in [-0.3, -0.25) is 19.7 Å². The molecule has 7 nitrogen and oxygen atoms in total. The van der Waals surface area contributed by atoms with Gasteiger partial charge < -0.3 is 10.4 Å². The third-order valence-electron chi connectivity index (χ3n) is 2.55. The normalized spacial score (nSPS) is 9.95. The lowest BCUT2D eigenvalue weighted by molar-refractivity contribution is -0.385. The van der Waals surface area contributed by atoms with Crippen LogP contribution in [0.4, 0.5) is 5.69 Å². The molecule has 0 bridgehead atoms. The molecule has 0 saturated carbocycles. The number of benzene rings is 1. The van der Waals surface area contributed by atoms with Crippen LogP contribution in [-0.2, 0) is 11.2 Å². The molecule has 0 spiro atoms. The minimum Gasteiger partial charge on any atom is -0.481 e. The second-order valence-corrected chi connectivity index (χ2v) is 3.85. The molecule has 0 radical (unpaired) electrons. The number of nitro groups is 1. The Balaban J connectivity index is 2.83. The van der Waals surface area contributed by atoms with Gasteiger partial charge >= 0.3 is 5.97 Å². The van der Waals surface area contributed by atoms with Gasteiger partial charge in [-0.15, -0.1) is 0 Å². The summed E-state index contributed by atoms with van der Waals surface area (Å²) >= 11 is 0. The lowest BCUT2D eigenvalue weighted by Gasteiger charge is -2.05. The minimum atomic E-state index is -1.02. The molecular formula is C12H14N2O5. The van der Waals surface area contributed by atoms with E-state index in [-0.39, 0.29) is 24.2 Å². The standard InChI is InChI=1S/C12H14N2O5/c1-2-8-3-4-9(7-10(8)14(18)19)12(17)13-6-5-11(15)16/h3-4,7H,2,5-6H2,1H3,(H,13,17)(H,15,16). The monoisotopic (exact) mass is 266 g/mol. The van der Waals surface area contributed by atoms with Crippen molar-refractivity contribution in [1.29, 1.82) is 0 Å². The number of hydrogen-bond acceptors (Lipinski definition) is 4. The molecule has 1 aromatic rings. The summed E-state index contributed by atoms with van der Waals surface area (Å²) in [5, 5.41) is 21.7. The Morgan fingerprint density at radius 1 is 1.42 bits per heavy atom. The zero-order valence-electron chi connectivity index (χ0n) is 10.4. The molecule has 0 aliphatic carbocycles. The van der Waals surface area contributed by atoms with Crippen molar-refractivity contribution >= 4 is 17.6 Å². The Morgan fingerprint density at radius 3 is 2.63 bits per heavy atom. The first-order valence-electron chi connectivity index (χ1n) is 5.73. The van der Waals surface area contributed by atoms with E-state index < -0.39 is 16.8 Å². The number of aryl methyl sites for hydroxylation is 1. The number of amides is 1. The summed E-state index contributed by atoms with van der Waals surface area (Å²) in [6.45, 7) is 1.77. The van der Waals surface area contributed by atoms with Crippen LogP contribution in [0.5, 0.6) is 0 Å². The Hall–Kier alpha value is -2.44. The predicted octanol–water partition coefficient (Wildman–Crippen LogP) is 1.36. The van der Waals surface area contributed by atoms with Crippen LogP contribution in [0.2, 0.25) is 0 Å². The number of rotatable bonds is 6. The quantitative estimate of drug-likeness (QED) is 0.596. The van der Waals surface area contributed by atoms with Crippen molar-refractivity contribution in [3.05, 3.63) is 39.4 Å². The van der Waals surface area contributed by atoms with Gasteiger partial charge in [0.05, 0.1) is 11.3 Å². The van der Waals surface area contributed by atoms with E-state index in [1.165, 1.54) is 18.2 Å². The number of nitrogens with one attached hydrogen (secondary N) is 1. The molecule has 7 heteroatoms. The minimum absolute atomic E-state index is 0.0164. The van der Waals surface area contributed by atoms with Crippen LogP contribution in [-0.4, -0.2) is 28.5 Å². The molecular weight excluding hydrogens is 252 g/mol. The van der Waals surface area contributed by atoms with E-state index in [9.17, 15) is 19.7 Å². The van der Waals surface area contributed by atoms with Gasteiger partial charge in [0, 0.05) is 23.7 Å². The summed E-state index contributed by atoms with van der Waals surface area (Å²) in [7, 11) is 0. The SMILES string of the molecule is CCc1ccc(C(=O)NCCC(=O)O)cc1[N+](=O)[O-]. The van der Waals surface area contributed by atoms with Crippen LogP contribution in [0.25, 0.3) is 0 Å². The first-order valence-corrected chi connectivity index (χ1v) is 5.73. The summed E-state index contributed by atoms with van der Waals surface area (Å²) in [6.07, 6.45) is 0.304. The van der Waals surface area contributed by atoms with Gasteiger partial charge in [0.1, 0.15) is 0 Å². The number of carboxylic acids is 1. The maximum absolute atomic E-state index is 11.7. The summed E-state index contributed by atoms with van der Waals surface area (Å²) < 4.78 is 0. The average molecular weight is 266 g/mol. The third-order valence-corrected chi connectivity index (χ3v) is 2.55. The van der Waals surface area contributed by atoms with Crippen molar-refractivity contribution in [2.24, 2.45) is 0 Å². The molecule has 0 aliphatic heterocycles. The number of nitrogens with zero attached hydrogens (tertiary/aromatic N) is 1. The lowest BCUT2D eigenvalue weighted by Crippen LogP contribution is -2.26. The van der Waals surface area contributed by atoms with Crippen LogP contribution in [0.15, 0.2) is 18.2 Å². The zero-order chi connectivity index (χ0) is 14.4. The average Bonchev–Trinajstić information content (AvgIpc) is 2.37. The maximum Gasteiger partial charge on any atom is 0.305 e. The lowest BCUT2D eigenvalue weighted by atomic mass is 10.1. The third kappa shape index (κ3) is 4.06. The van der Waals surface area contributed by atoms with Crippen LogP contribution < -0.4 is 5.32 Å². The van der Waals surface area contributed by atoms with Crippen molar-refractivity contribution in [3.63, 3.8) is 0 Å². The molecule has 1 aromatic carbocycles. The van der Waals surface area contributed by atoms with E-state index in [0.29, 0.717) is 12.0 Å². The summed E-state index contributed by atoms with van der Waals surface area (Å²) in [4.78, 5) is 32.3. The molecule has 2 N–H and O–H groups in total. The molecule has 0 aliphatic rings. The number of hydrogen-bond donors (Lipinski definition) is 2. The first-order chi connectivity index (χ1) is 8.95. The second-order valence-electron chi connectivity index (χ2n) is 3.85. The number of carboxylic acid groups (broad SMARTS) is 1.